The molecule has 49 heavy (non-hydrogen) atoms. The Kier molecular flexibility index (Phi) is 12.9. The van der Waals surface area contributed by atoms with Gasteiger partial charge in [-0.3, -0.25) is 9.59 Å². The Morgan fingerprint density at radius 1 is 0.959 bits per heavy atom. The molecule has 0 aliphatic carbocycles. The number of ketones is 1. The maximum atomic E-state index is 13.7. The highest BCUT2D eigenvalue weighted by Gasteiger charge is 2.32. The minimum absolute atomic E-state index is 0.0496. The summed E-state index contributed by atoms with van der Waals surface area (Å²) in [6.07, 6.45) is 6.18. The van der Waals surface area contributed by atoms with Gasteiger partial charge >= 0.3 is 5.97 Å². The molecule has 2 atom stereocenters. The van der Waals surface area contributed by atoms with Gasteiger partial charge in [-0.2, -0.15) is 0 Å². The van der Waals surface area contributed by atoms with Crippen LogP contribution in [0.25, 0.3) is 6.08 Å². The van der Waals surface area contributed by atoms with E-state index in [9.17, 15) is 29.7 Å². The van der Waals surface area contributed by atoms with Crippen molar-refractivity contribution in [2.24, 2.45) is 0 Å². The average Bonchev–Trinajstić information content (AvgIpc) is 3.07. The lowest BCUT2D eigenvalue weighted by Crippen LogP contribution is -2.27. The Morgan fingerprint density at radius 2 is 1.63 bits per heavy atom. The van der Waals surface area contributed by atoms with Crippen LogP contribution in [-0.2, 0) is 20.7 Å². The van der Waals surface area contributed by atoms with E-state index in [4.69, 9.17) is 18.9 Å². The fourth-order valence-corrected chi connectivity index (χ4v) is 5.97. The van der Waals surface area contributed by atoms with Crippen molar-refractivity contribution < 1.29 is 48.7 Å². The number of Topliss-reactive ketones (excluding diaryl/α,β-unsaturated/α-hetero) is 1. The number of carbonyl (C=O) groups is 3. The molecule has 0 aromatic heterocycles. The zero-order valence-corrected chi connectivity index (χ0v) is 28.4. The van der Waals surface area contributed by atoms with Gasteiger partial charge in [0.05, 0.1) is 27.4 Å². The number of benzene rings is 3. The Balaban J connectivity index is 1.79. The number of carbonyl (C=O) groups excluding carboxylic acids is 3. The predicted molar refractivity (Wildman–Crippen MR) is 184 cm³/mol. The summed E-state index contributed by atoms with van der Waals surface area (Å²) in [7, 11) is 4.36. The molecule has 1 heterocycles. The van der Waals surface area contributed by atoms with Gasteiger partial charge in [0.2, 0.25) is 11.7 Å². The van der Waals surface area contributed by atoms with E-state index in [0.29, 0.717) is 67.8 Å². The fraction of sp³-hybridized carbons (Fsp3) is 0.395. The number of hydrogen-bond donors (Lipinski definition) is 4. The first kappa shape index (κ1) is 36.6. The molecule has 1 amide bonds. The topological polar surface area (TPSA) is 161 Å². The van der Waals surface area contributed by atoms with Crippen LogP contribution in [0.4, 0.5) is 0 Å². The third-order valence-corrected chi connectivity index (χ3v) is 8.55. The molecule has 4 N–H and O–H groups in total. The number of aromatic hydroxyl groups is 3. The Labute approximate surface area is 286 Å². The Hall–Kier alpha value is -5.19. The van der Waals surface area contributed by atoms with Crippen LogP contribution >= 0.6 is 0 Å². The highest BCUT2D eigenvalue weighted by molar-refractivity contribution is 5.98. The first-order valence-corrected chi connectivity index (χ1v) is 16.4. The van der Waals surface area contributed by atoms with Gasteiger partial charge in [-0.1, -0.05) is 24.3 Å². The number of rotatable bonds is 10. The molecule has 3 aromatic carbocycles. The van der Waals surface area contributed by atoms with Gasteiger partial charge in [-0.05, 0) is 86.1 Å². The smallest absolute Gasteiger partial charge is 0.342 e. The number of phenols is 3. The number of nitrogens with one attached hydrogen (secondary N) is 1. The van der Waals surface area contributed by atoms with Crippen molar-refractivity contribution in [3.05, 3.63) is 76.4 Å². The van der Waals surface area contributed by atoms with E-state index in [1.54, 1.807) is 55.5 Å². The third kappa shape index (κ3) is 9.46. The number of phenolic OH excluding ortho intramolecular Hbond substituents is 3. The molecule has 1 aliphatic heterocycles. The molecule has 2 unspecified atom stereocenters. The first-order valence-electron chi connectivity index (χ1n) is 16.4. The second-order valence-electron chi connectivity index (χ2n) is 12.0. The molecule has 0 bridgehead atoms. The number of amides is 1. The predicted octanol–water partition coefficient (Wildman–Crippen LogP) is 6.19. The largest absolute Gasteiger partial charge is 0.508 e. The number of cyclic esters (lactones) is 1. The highest BCUT2D eigenvalue weighted by Crippen LogP contribution is 2.47. The van der Waals surface area contributed by atoms with Crippen LogP contribution in [0.5, 0.6) is 34.5 Å². The second-order valence-corrected chi connectivity index (χ2v) is 12.0. The van der Waals surface area contributed by atoms with Crippen molar-refractivity contribution >= 4 is 23.7 Å². The summed E-state index contributed by atoms with van der Waals surface area (Å²) in [5.41, 5.74) is 1.40. The molecule has 262 valence electrons. The minimum Gasteiger partial charge on any atom is -0.508 e. The van der Waals surface area contributed by atoms with E-state index >= 15 is 0 Å². The van der Waals surface area contributed by atoms with Gasteiger partial charge in [0.15, 0.2) is 11.5 Å². The van der Waals surface area contributed by atoms with Crippen molar-refractivity contribution in [2.75, 3.05) is 27.9 Å². The molecule has 4 rings (SSSR count). The molecule has 0 radical (unpaired) electrons. The standard InChI is InChI=1S/C38H45NO10/c1-23-9-8-12-27(40)11-7-5-6-10-25-19-30(42)35(36(44)34(25)38(45)49-23)29(26-20-31(46-2)37(48-4)32(21-26)47-3)22-33(43)39-18-17-24-13-15-28(41)16-14-24/h6,10,13-16,19-21,23,29,41-42,44H,5,7-9,11-12,17-18,22H2,1-4H3,(H,39,43). The second kappa shape index (κ2) is 17.3. The van der Waals surface area contributed by atoms with E-state index in [2.05, 4.69) is 5.32 Å². The average molecular weight is 676 g/mol. The highest BCUT2D eigenvalue weighted by atomic mass is 16.5. The number of methoxy groups -OCH3 is 3. The van der Waals surface area contributed by atoms with Crippen LogP contribution < -0.4 is 19.5 Å². The van der Waals surface area contributed by atoms with E-state index in [-0.39, 0.29) is 52.8 Å². The summed E-state index contributed by atoms with van der Waals surface area (Å²) in [5, 5.41) is 35.9. The summed E-state index contributed by atoms with van der Waals surface area (Å²) in [5.74, 6) is -1.82. The van der Waals surface area contributed by atoms with E-state index < -0.39 is 23.7 Å². The Morgan fingerprint density at radius 3 is 2.29 bits per heavy atom. The van der Waals surface area contributed by atoms with Crippen molar-refractivity contribution in [1.82, 2.24) is 5.32 Å². The molecule has 11 nitrogen and oxygen atoms in total. The molecule has 0 saturated heterocycles. The zero-order chi connectivity index (χ0) is 35.5. The summed E-state index contributed by atoms with van der Waals surface area (Å²) >= 11 is 0. The molecule has 0 fully saturated rings. The van der Waals surface area contributed by atoms with Crippen LogP contribution in [0.15, 0.2) is 48.5 Å². The molecular formula is C38H45NO10. The van der Waals surface area contributed by atoms with Crippen LogP contribution in [0.3, 0.4) is 0 Å². The van der Waals surface area contributed by atoms with Crippen LogP contribution in [-0.4, -0.2) is 67.0 Å². The molecule has 0 saturated carbocycles. The van der Waals surface area contributed by atoms with Crippen LogP contribution in [0, 0.1) is 0 Å². The van der Waals surface area contributed by atoms with Gasteiger partial charge < -0.3 is 39.6 Å². The van der Waals surface area contributed by atoms with E-state index in [1.165, 1.54) is 27.4 Å². The monoisotopic (exact) mass is 675 g/mol. The third-order valence-electron chi connectivity index (χ3n) is 8.55. The lowest BCUT2D eigenvalue weighted by Gasteiger charge is -2.24. The molecule has 3 aromatic rings. The van der Waals surface area contributed by atoms with Crippen molar-refractivity contribution in [1.29, 1.82) is 0 Å². The number of allylic oxidation sites excluding steroid dienone is 1. The van der Waals surface area contributed by atoms with E-state index in [0.717, 1.165) is 5.56 Å². The van der Waals surface area contributed by atoms with E-state index in [1.807, 2.05) is 0 Å². The summed E-state index contributed by atoms with van der Waals surface area (Å²) < 4.78 is 22.3. The first-order chi connectivity index (χ1) is 23.6. The normalized spacial score (nSPS) is 16.1. The van der Waals surface area contributed by atoms with Crippen molar-refractivity contribution in [3.8, 4) is 34.5 Å². The quantitative estimate of drug-likeness (QED) is 0.182. The van der Waals surface area contributed by atoms with Gasteiger partial charge in [0.1, 0.15) is 28.6 Å². The molecule has 11 heteroatoms. The molecular weight excluding hydrogens is 630 g/mol. The minimum atomic E-state index is -0.985. The number of ether oxygens (including phenoxy) is 4. The number of esters is 1. The van der Waals surface area contributed by atoms with Crippen molar-refractivity contribution in [2.45, 2.75) is 70.3 Å². The molecule has 0 spiro atoms. The lowest BCUT2D eigenvalue weighted by molar-refractivity contribution is -0.121. The van der Waals surface area contributed by atoms with Gasteiger partial charge in [0, 0.05) is 37.3 Å². The van der Waals surface area contributed by atoms with Gasteiger partial charge in [-0.15, -0.1) is 0 Å². The van der Waals surface area contributed by atoms with Crippen LogP contribution in [0.2, 0.25) is 0 Å². The fourth-order valence-electron chi connectivity index (χ4n) is 5.97. The maximum absolute atomic E-state index is 13.7. The van der Waals surface area contributed by atoms with Crippen molar-refractivity contribution in [3.63, 3.8) is 0 Å². The van der Waals surface area contributed by atoms with Gasteiger partial charge in [-0.25, -0.2) is 4.79 Å². The summed E-state index contributed by atoms with van der Waals surface area (Å²) in [6.45, 7) is 2.01. The summed E-state index contributed by atoms with van der Waals surface area (Å²) in [4.78, 5) is 39.4. The number of fused-ring (bicyclic) bond motifs is 1. The van der Waals surface area contributed by atoms with Crippen LogP contribution in [0.1, 0.15) is 90.4 Å². The molecule has 1 aliphatic rings. The summed E-state index contributed by atoms with van der Waals surface area (Å²) in [6, 6.07) is 11.3. The SMILES string of the molecule is COc1cc(C(CC(=O)NCCc2ccc(O)cc2)c2c(O)cc3c(c2O)C(=O)OC(C)CCCC(=O)CCCC=C3)cc(OC)c1OC. The zero-order valence-electron chi connectivity index (χ0n) is 28.4. The number of hydrogen-bond acceptors (Lipinski definition) is 10. The maximum Gasteiger partial charge on any atom is 0.342 e. The van der Waals surface area contributed by atoms with Gasteiger partial charge in [0.25, 0.3) is 0 Å². The Bertz CT molecular complexity index is 1640. The lowest BCUT2D eigenvalue weighted by atomic mass is 9.84.